The van der Waals surface area contributed by atoms with Crippen molar-refractivity contribution in [3.8, 4) is 0 Å². The first kappa shape index (κ1) is 51.2. The van der Waals surface area contributed by atoms with E-state index in [1.165, 1.54) is 44.9 Å². The summed E-state index contributed by atoms with van der Waals surface area (Å²) in [4.78, 5) is 34.7. The van der Waals surface area contributed by atoms with Crippen molar-refractivity contribution in [1.29, 1.82) is 0 Å². The van der Waals surface area contributed by atoms with Gasteiger partial charge in [0.1, 0.15) is 6.61 Å². The van der Waals surface area contributed by atoms with Gasteiger partial charge in [-0.1, -0.05) is 150 Å². The van der Waals surface area contributed by atoms with Crippen LogP contribution in [-0.2, 0) is 32.7 Å². The summed E-state index contributed by atoms with van der Waals surface area (Å²) in [5.74, 6) is -0.913. The minimum absolute atomic E-state index is 0.0187. The molecular weight excluding hydrogens is 699 g/mol. The molecule has 8 nitrogen and oxygen atoms in total. The normalized spacial score (nSPS) is 14.2. The van der Waals surface area contributed by atoms with E-state index >= 15 is 0 Å². The molecule has 1 N–H and O–H groups in total. The minimum Gasteiger partial charge on any atom is -0.462 e. The predicted octanol–water partition coefficient (Wildman–Crippen LogP) is 13.1. The molecule has 308 valence electrons. The van der Waals surface area contributed by atoms with E-state index in [1.54, 1.807) is 6.92 Å². The standard InChI is InChI=1S/C45H75O8P/c1-4-7-9-11-13-15-17-19-21-22-23-24-26-28-30-32-34-36-38-40-45(47)53-43(42-52-54(48,49)51-6-3)41-50-44(46)39-37-35-33-31-29-27-25-20-18-16-14-12-10-8-5-2/h7,9,13,15,19-21,23-25,28,30,34,36,43H,4-6,8,10-12,14,16-18,22,26-27,29,31-33,35,37-42H2,1-3H3,(H,48,49)/b9-7-,15-13-,21-19-,24-23-,25-20-,30-28-,36-34-. The highest BCUT2D eigenvalue weighted by Gasteiger charge is 2.25. The lowest BCUT2D eigenvalue weighted by atomic mass is 10.1. The third-order valence-electron chi connectivity index (χ3n) is 8.20. The molecule has 0 aliphatic heterocycles. The second kappa shape index (κ2) is 39.9. The maximum atomic E-state index is 12.5. The van der Waals surface area contributed by atoms with Gasteiger partial charge in [-0.2, -0.15) is 0 Å². The number of allylic oxidation sites excluding steroid dienone is 14. The molecular formula is C45H75O8P. The fourth-order valence-electron chi connectivity index (χ4n) is 5.18. The fraction of sp³-hybridized carbons (Fsp3) is 0.644. The predicted molar refractivity (Wildman–Crippen MR) is 225 cm³/mol. The van der Waals surface area contributed by atoms with Crippen LogP contribution in [0.2, 0.25) is 0 Å². The van der Waals surface area contributed by atoms with Gasteiger partial charge in [-0.15, -0.1) is 0 Å². The first-order valence-corrected chi connectivity index (χ1v) is 22.4. The van der Waals surface area contributed by atoms with Gasteiger partial charge in [0.2, 0.25) is 0 Å². The Morgan fingerprint density at radius 2 is 0.981 bits per heavy atom. The molecule has 0 aliphatic carbocycles. The zero-order valence-electron chi connectivity index (χ0n) is 34.1. The Hall–Kier alpha value is -2.77. The summed E-state index contributed by atoms with van der Waals surface area (Å²) in [7, 11) is -4.31. The number of esters is 2. The van der Waals surface area contributed by atoms with Gasteiger partial charge in [0, 0.05) is 12.8 Å². The van der Waals surface area contributed by atoms with E-state index in [4.69, 9.17) is 18.5 Å². The highest BCUT2D eigenvalue weighted by Crippen LogP contribution is 2.43. The van der Waals surface area contributed by atoms with Crippen molar-refractivity contribution >= 4 is 19.8 Å². The van der Waals surface area contributed by atoms with Crippen LogP contribution in [0.4, 0.5) is 0 Å². The van der Waals surface area contributed by atoms with Gasteiger partial charge in [0.05, 0.1) is 13.2 Å². The van der Waals surface area contributed by atoms with E-state index in [0.29, 0.717) is 6.42 Å². The number of unbranched alkanes of at least 4 members (excludes halogenated alkanes) is 11. The molecule has 2 atom stereocenters. The summed E-state index contributed by atoms with van der Waals surface area (Å²) in [5.41, 5.74) is 0. The molecule has 0 aliphatic rings. The van der Waals surface area contributed by atoms with E-state index in [-0.39, 0.29) is 26.1 Å². The Bertz CT molecular complexity index is 1150. The zero-order chi connectivity index (χ0) is 39.6. The molecule has 0 heterocycles. The average Bonchev–Trinajstić information content (AvgIpc) is 3.15. The first-order chi connectivity index (χ1) is 26.3. The molecule has 0 rings (SSSR count). The smallest absolute Gasteiger partial charge is 0.462 e. The zero-order valence-corrected chi connectivity index (χ0v) is 35.0. The second-order valence-electron chi connectivity index (χ2n) is 13.3. The summed E-state index contributed by atoms with van der Waals surface area (Å²) in [5, 5.41) is 0. The maximum absolute atomic E-state index is 12.5. The van der Waals surface area contributed by atoms with Crippen molar-refractivity contribution in [2.45, 2.75) is 168 Å². The van der Waals surface area contributed by atoms with E-state index < -0.39 is 32.5 Å². The molecule has 0 radical (unpaired) electrons. The van der Waals surface area contributed by atoms with Crippen LogP contribution < -0.4 is 0 Å². The Morgan fingerprint density at radius 1 is 0.519 bits per heavy atom. The summed E-state index contributed by atoms with van der Waals surface area (Å²) in [6.07, 6.45) is 50.8. The Kier molecular flexibility index (Phi) is 37.9. The molecule has 0 spiro atoms. The van der Waals surface area contributed by atoms with Crippen LogP contribution in [0.5, 0.6) is 0 Å². The summed E-state index contributed by atoms with van der Waals surface area (Å²) >= 11 is 0. The molecule has 0 aromatic carbocycles. The van der Waals surface area contributed by atoms with Crippen LogP contribution in [0.3, 0.4) is 0 Å². The van der Waals surface area contributed by atoms with Gasteiger partial charge in [-0.3, -0.25) is 18.6 Å². The van der Waals surface area contributed by atoms with Gasteiger partial charge in [0.25, 0.3) is 0 Å². The molecule has 0 saturated carbocycles. The monoisotopic (exact) mass is 775 g/mol. The number of phosphoric ester groups is 1. The minimum atomic E-state index is -4.31. The number of phosphoric acid groups is 1. The van der Waals surface area contributed by atoms with Crippen molar-refractivity contribution in [2.24, 2.45) is 0 Å². The number of hydrogen-bond acceptors (Lipinski definition) is 7. The third-order valence-corrected chi connectivity index (χ3v) is 9.26. The second-order valence-corrected chi connectivity index (χ2v) is 14.7. The molecule has 9 heteroatoms. The number of carbonyl (C=O) groups excluding carboxylic acids is 2. The lowest BCUT2D eigenvalue weighted by molar-refractivity contribution is -0.161. The average molecular weight is 775 g/mol. The van der Waals surface area contributed by atoms with Crippen molar-refractivity contribution in [3.63, 3.8) is 0 Å². The van der Waals surface area contributed by atoms with Crippen LogP contribution >= 0.6 is 7.82 Å². The number of ether oxygens (including phenoxy) is 2. The van der Waals surface area contributed by atoms with Gasteiger partial charge >= 0.3 is 19.8 Å². The van der Waals surface area contributed by atoms with Crippen LogP contribution in [0, 0.1) is 0 Å². The fourth-order valence-corrected chi connectivity index (χ4v) is 5.93. The molecule has 0 aromatic heterocycles. The van der Waals surface area contributed by atoms with Crippen LogP contribution in [-0.4, -0.2) is 42.8 Å². The van der Waals surface area contributed by atoms with Crippen LogP contribution in [0.25, 0.3) is 0 Å². The van der Waals surface area contributed by atoms with Gasteiger partial charge < -0.3 is 14.4 Å². The van der Waals surface area contributed by atoms with Gasteiger partial charge in [0.15, 0.2) is 6.10 Å². The maximum Gasteiger partial charge on any atom is 0.472 e. The van der Waals surface area contributed by atoms with E-state index in [9.17, 15) is 19.0 Å². The van der Waals surface area contributed by atoms with E-state index in [0.717, 1.165) is 77.0 Å². The Balaban J connectivity index is 4.27. The van der Waals surface area contributed by atoms with Crippen molar-refractivity contribution < 1.29 is 37.6 Å². The topological polar surface area (TPSA) is 108 Å². The molecule has 0 saturated heterocycles. The molecule has 2 unspecified atom stereocenters. The lowest BCUT2D eigenvalue weighted by Crippen LogP contribution is -2.29. The number of rotatable bonds is 37. The van der Waals surface area contributed by atoms with E-state index in [1.807, 2.05) is 12.2 Å². The highest BCUT2D eigenvalue weighted by atomic mass is 31.2. The van der Waals surface area contributed by atoms with Crippen LogP contribution in [0.15, 0.2) is 85.1 Å². The van der Waals surface area contributed by atoms with Crippen molar-refractivity contribution in [3.05, 3.63) is 85.1 Å². The van der Waals surface area contributed by atoms with Gasteiger partial charge in [-0.05, 0) is 84.0 Å². The van der Waals surface area contributed by atoms with E-state index in [2.05, 4.69) is 86.8 Å². The first-order valence-electron chi connectivity index (χ1n) is 20.9. The molecule has 0 bridgehead atoms. The van der Waals surface area contributed by atoms with Crippen molar-refractivity contribution in [2.75, 3.05) is 19.8 Å². The molecule has 54 heavy (non-hydrogen) atoms. The highest BCUT2D eigenvalue weighted by molar-refractivity contribution is 7.47. The van der Waals surface area contributed by atoms with Crippen molar-refractivity contribution in [1.82, 2.24) is 0 Å². The van der Waals surface area contributed by atoms with Gasteiger partial charge in [-0.25, -0.2) is 4.57 Å². The third kappa shape index (κ3) is 38.9. The Morgan fingerprint density at radius 3 is 1.50 bits per heavy atom. The lowest BCUT2D eigenvalue weighted by Gasteiger charge is -2.19. The quantitative estimate of drug-likeness (QED) is 0.0288. The number of hydrogen-bond donors (Lipinski definition) is 1. The summed E-state index contributed by atoms with van der Waals surface area (Å²) in [6.45, 7) is 5.24. The Labute approximate surface area is 329 Å². The van der Waals surface area contributed by atoms with Crippen LogP contribution in [0.1, 0.15) is 162 Å². The molecule has 0 amide bonds. The molecule has 0 fully saturated rings. The summed E-state index contributed by atoms with van der Waals surface area (Å²) in [6, 6.07) is 0. The largest absolute Gasteiger partial charge is 0.472 e. The summed E-state index contributed by atoms with van der Waals surface area (Å²) < 4.78 is 32.5. The number of carbonyl (C=O) groups is 2. The SMILES string of the molecule is CC/C=C\C/C=C\C/C=C\C/C=C\C/C=C\C/C=C\CCC(=O)OC(COC(=O)CCCCCCC/C=C\CCCCCCCC)COP(=O)(O)OCC. The molecule has 0 aromatic rings.